The van der Waals surface area contributed by atoms with Crippen LogP contribution in [0.15, 0.2) is 42.7 Å². The number of halogens is 4. The number of rotatable bonds is 4. The number of nitrogens with one attached hydrogen (secondary N) is 1. The van der Waals surface area contributed by atoms with Crippen LogP contribution in [0.25, 0.3) is 22.4 Å². The molecular formula is C17H13Cl4N7O2. The van der Waals surface area contributed by atoms with Crippen LogP contribution in [0.4, 0.5) is 5.69 Å². The predicted octanol–water partition coefficient (Wildman–Crippen LogP) is 4.17. The molecule has 4 aromatic rings. The molecule has 0 fully saturated rings. The second kappa shape index (κ2) is 9.96. The van der Waals surface area contributed by atoms with Gasteiger partial charge in [-0.05, 0) is 17.3 Å². The summed E-state index contributed by atoms with van der Waals surface area (Å²) in [5, 5.41) is 15.8. The second-order valence-electron chi connectivity index (χ2n) is 5.54. The van der Waals surface area contributed by atoms with E-state index >= 15 is 0 Å². The summed E-state index contributed by atoms with van der Waals surface area (Å²) in [6.07, 6.45) is 2.75. The van der Waals surface area contributed by atoms with Crippen molar-refractivity contribution in [2.75, 3.05) is 12.2 Å². The minimum absolute atomic E-state index is 0. The normalized spacial score (nSPS) is 10.2. The van der Waals surface area contributed by atoms with Gasteiger partial charge in [0.1, 0.15) is 11.4 Å². The van der Waals surface area contributed by atoms with Gasteiger partial charge in [0.15, 0.2) is 0 Å². The standard InChI is InChI=1S/C17H11Cl2N7O2.2ClH/c1-28-26(15-11(18)7-20-8-12(15)19)17(27)10-4-2-3-9-5-6-13(21-14(9)10)16-22-24-25-23-16;;/h2-8H,1H3,(H,22,23,24,25);2*1H. The average molecular weight is 489 g/mol. The van der Waals surface area contributed by atoms with Crippen LogP contribution in [-0.4, -0.2) is 43.6 Å². The fourth-order valence-corrected chi connectivity index (χ4v) is 3.22. The number of hydrogen-bond donors (Lipinski definition) is 1. The average Bonchev–Trinajstić information content (AvgIpc) is 3.24. The third-order valence-electron chi connectivity index (χ3n) is 3.92. The minimum Gasteiger partial charge on any atom is -0.269 e. The molecule has 0 bridgehead atoms. The monoisotopic (exact) mass is 487 g/mol. The Morgan fingerprint density at radius 3 is 2.47 bits per heavy atom. The van der Waals surface area contributed by atoms with Crippen molar-refractivity contribution in [1.29, 1.82) is 0 Å². The summed E-state index contributed by atoms with van der Waals surface area (Å²) in [6.45, 7) is 0. The number of fused-ring (bicyclic) bond motifs is 1. The smallest absolute Gasteiger partial charge is 0.269 e. The van der Waals surface area contributed by atoms with Crippen LogP contribution in [0.5, 0.6) is 0 Å². The van der Waals surface area contributed by atoms with Crippen LogP contribution in [-0.2, 0) is 4.84 Å². The van der Waals surface area contributed by atoms with Crippen molar-refractivity contribution >= 4 is 70.5 Å². The lowest BCUT2D eigenvalue weighted by Gasteiger charge is -2.22. The van der Waals surface area contributed by atoms with E-state index in [0.717, 1.165) is 10.4 Å². The fraction of sp³-hybridized carbons (Fsp3) is 0.0588. The van der Waals surface area contributed by atoms with E-state index in [4.69, 9.17) is 28.0 Å². The number of pyridine rings is 2. The first-order valence-corrected chi connectivity index (χ1v) is 8.67. The number of hydrogen-bond acceptors (Lipinski definition) is 7. The molecule has 0 radical (unpaired) electrons. The first kappa shape index (κ1) is 23.7. The van der Waals surface area contributed by atoms with Gasteiger partial charge in [-0.15, -0.1) is 35.0 Å². The molecule has 156 valence electrons. The Hall–Kier alpha value is -2.56. The molecule has 3 heterocycles. The Morgan fingerprint density at radius 2 is 1.83 bits per heavy atom. The third-order valence-corrected chi connectivity index (χ3v) is 4.48. The lowest BCUT2D eigenvalue weighted by molar-refractivity contribution is 0.0775. The molecule has 9 nitrogen and oxygen atoms in total. The Morgan fingerprint density at radius 1 is 1.10 bits per heavy atom. The van der Waals surface area contributed by atoms with Gasteiger partial charge in [-0.2, -0.15) is 10.3 Å². The molecule has 3 aromatic heterocycles. The number of H-pyrrole nitrogens is 1. The third kappa shape index (κ3) is 4.30. The molecule has 0 aliphatic rings. The van der Waals surface area contributed by atoms with Gasteiger partial charge in [-0.25, -0.2) is 4.98 Å². The highest BCUT2D eigenvalue weighted by molar-refractivity contribution is 6.39. The highest BCUT2D eigenvalue weighted by Gasteiger charge is 2.25. The van der Waals surface area contributed by atoms with E-state index in [9.17, 15) is 4.79 Å². The number of para-hydroxylation sites is 1. The van der Waals surface area contributed by atoms with Crippen LogP contribution in [0, 0.1) is 0 Å². The van der Waals surface area contributed by atoms with Gasteiger partial charge in [0, 0.05) is 17.8 Å². The van der Waals surface area contributed by atoms with Crippen LogP contribution in [0.3, 0.4) is 0 Å². The Kier molecular flexibility index (Phi) is 7.88. The summed E-state index contributed by atoms with van der Waals surface area (Å²) in [5.41, 5.74) is 1.38. The number of nitrogens with zero attached hydrogens (tertiary/aromatic N) is 6. The highest BCUT2D eigenvalue weighted by atomic mass is 35.5. The molecule has 1 N–H and O–H groups in total. The SMILES string of the molecule is CON(C(=O)c1cccc2ccc(-c3nn[nH]n3)nc12)c1c(Cl)cncc1Cl.Cl.Cl. The lowest BCUT2D eigenvalue weighted by atomic mass is 10.1. The Labute approximate surface area is 192 Å². The molecule has 30 heavy (non-hydrogen) atoms. The maximum atomic E-state index is 13.3. The van der Waals surface area contributed by atoms with Gasteiger partial charge in [0.25, 0.3) is 5.91 Å². The van der Waals surface area contributed by atoms with Crippen LogP contribution in [0.1, 0.15) is 10.4 Å². The number of carbonyl (C=O) groups excluding carboxylic acids is 1. The van der Waals surface area contributed by atoms with Crippen molar-refractivity contribution in [3.05, 3.63) is 58.3 Å². The van der Waals surface area contributed by atoms with Gasteiger partial charge >= 0.3 is 0 Å². The fourth-order valence-electron chi connectivity index (χ4n) is 2.70. The number of aromatic amines is 1. The Balaban J connectivity index is 0.00000160. The van der Waals surface area contributed by atoms with E-state index < -0.39 is 5.91 Å². The minimum atomic E-state index is -0.499. The van der Waals surface area contributed by atoms with Crippen molar-refractivity contribution < 1.29 is 9.63 Å². The first-order valence-electron chi connectivity index (χ1n) is 7.91. The van der Waals surface area contributed by atoms with Gasteiger partial charge in [-0.3, -0.25) is 14.6 Å². The number of aromatic nitrogens is 6. The first-order chi connectivity index (χ1) is 13.6. The predicted molar refractivity (Wildman–Crippen MR) is 117 cm³/mol. The number of carbonyl (C=O) groups is 1. The molecule has 0 aliphatic carbocycles. The van der Waals surface area contributed by atoms with E-state index in [1.807, 2.05) is 12.1 Å². The molecule has 0 unspecified atom stereocenters. The number of anilines is 1. The van der Waals surface area contributed by atoms with Crippen LogP contribution in [0.2, 0.25) is 10.0 Å². The molecule has 0 saturated carbocycles. The van der Waals surface area contributed by atoms with E-state index in [-0.39, 0.29) is 46.1 Å². The van der Waals surface area contributed by atoms with Gasteiger partial charge in [0.2, 0.25) is 5.82 Å². The number of benzene rings is 1. The van der Waals surface area contributed by atoms with Crippen molar-refractivity contribution in [2.45, 2.75) is 0 Å². The van der Waals surface area contributed by atoms with E-state index in [1.165, 1.54) is 19.5 Å². The van der Waals surface area contributed by atoms with E-state index in [2.05, 4.69) is 30.6 Å². The molecule has 1 aromatic carbocycles. The second-order valence-corrected chi connectivity index (χ2v) is 6.36. The molecule has 13 heteroatoms. The van der Waals surface area contributed by atoms with Gasteiger partial charge in [-0.1, -0.05) is 41.4 Å². The highest BCUT2D eigenvalue weighted by Crippen LogP contribution is 2.34. The van der Waals surface area contributed by atoms with E-state index in [1.54, 1.807) is 18.2 Å². The number of amides is 1. The molecule has 4 rings (SSSR count). The number of tetrazole rings is 1. The summed E-state index contributed by atoms with van der Waals surface area (Å²) >= 11 is 12.4. The van der Waals surface area contributed by atoms with Crippen LogP contribution >= 0.6 is 48.0 Å². The van der Waals surface area contributed by atoms with Crippen molar-refractivity contribution in [3.63, 3.8) is 0 Å². The van der Waals surface area contributed by atoms with Crippen molar-refractivity contribution in [1.82, 2.24) is 30.6 Å². The largest absolute Gasteiger partial charge is 0.284 e. The van der Waals surface area contributed by atoms with Gasteiger partial charge in [0.05, 0.1) is 28.2 Å². The zero-order valence-electron chi connectivity index (χ0n) is 15.1. The van der Waals surface area contributed by atoms with Gasteiger partial charge < -0.3 is 0 Å². The molecule has 0 spiro atoms. The van der Waals surface area contributed by atoms with E-state index in [0.29, 0.717) is 17.0 Å². The summed E-state index contributed by atoms with van der Waals surface area (Å²) in [5.74, 6) is -0.186. The van der Waals surface area contributed by atoms with Crippen molar-refractivity contribution in [2.24, 2.45) is 0 Å². The lowest BCUT2D eigenvalue weighted by Crippen LogP contribution is -2.30. The molecule has 0 saturated heterocycles. The molecule has 0 aliphatic heterocycles. The quantitative estimate of drug-likeness (QED) is 0.429. The summed E-state index contributed by atoms with van der Waals surface area (Å²) in [7, 11) is 1.34. The maximum Gasteiger partial charge on any atom is 0.284 e. The molecule has 0 atom stereocenters. The maximum absolute atomic E-state index is 13.3. The summed E-state index contributed by atoms with van der Waals surface area (Å²) < 4.78 is 0. The number of hydroxylamine groups is 1. The summed E-state index contributed by atoms with van der Waals surface area (Å²) in [4.78, 5) is 27.0. The molecule has 1 amide bonds. The molecular weight excluding hydrogens is 476 g/mol. The Bertz CT molecular complexity index is 1150. The summed E-state index contributed by atoms with van der Waals surface area (Å²) in [6, 6.07) is 8.77. The van der Waals surface area contributed by atoms with Crippen molar-refractivity contribution in [3.8, 4) is 11.5 Å². The topological polar surface area (TPSA) is 110 Å². The zero-order valence-corrected chi connectivity index (χ0v) is 18.3. The zero-order chi connectivity index (χ0) is 19.7. The van der Waals surface area contributed by atoms with Crippen LogP contribution < -0.4 is 5.06 Å².